The smallest absolute Gasteiger partial charge is 0.126 e. The van der Waals surface area contributed by atoms with Crippen LogP contribution in [0.1, 0.15) is 13.8 Å². The number of hydrogen-bond acceptors (Lipinski definition) is 2. The zero-order valence-electron chi connectivity index (χ0n) is 11.0. The van der Waals surface area contributed by atoms with Crippen LogP contribution in [0.5, 0.6) is 11.5 Å². The first kappa shape index (κ1) is 12.5. The van der Waals surface area contributed by atoms with Crippen molar-refractivity contribution < 1.29 is 9.47 Å². The Morgan fingerprint density at radius 1 is 0.889 bits per heavy atom. The summed E-state index contributed by atoms with van der Waals surface area (Å²) in [5.41, 5.74) is 2.22. The van der Waals surface area contributed by atoms with E-state index in [1.165, 1.54) is 0 Å². The van der Waals surface area contributed by atoms with Gasteiger partial charge in [-0.2, -0.15) is 0 Å². The largest absolute Gasteiger partial charge is 0.496 e. The van der Waals surface area contributed by atoms with Crippen molar-refractivity contribution in [2.75, 3.05) is 7.11 Å². The molecule has 0 saturated carbocycles. The van der Waals surface area contributed by atoms with Crippen LogP contribution in [0.4, 0.5) is 0 Å². The highest BCUT2D eigenvalue weighted by atomic mass is 16.5. The fourth-order valence-corrected chi connectivity index (χ4v) is 1.87. The fourth-order valence-electron chi connectivity index (χ4n) is 1.87. The molecule has 0 aliphatic heterocycles. The minimum absolute atomic E-state index is 0.196. The van der Waals surface area contributed by atoms with Crippen LogP contribution in [0.15, 0.2) is 48.5 Å². The number of benzene rings is 2. The summed E-state index contributed by atoms with van der Waals surface area (Å²) in [6, 6.07) is 16.1. The highest BCUT2D eigenvalue weighted by Crippen LogP contribution is 2.30. The second-order valence-electron chi connectivity index (χ2n) is 4.39. The molecule has 2 nitrogen and oxygen atoms in total. The third kappa shape index (κ3) is 2.83. The molecule has 2 aromatic rings. The molecule has 2 rings (SSSR count). The number of para-hydroxylation sites is 1. The van der Waals surface area contributed by atoms with Crippen molar-refractivity contribution in [3.05, 3.63) is 48.5 Å². The van der Waals surface area contributed by atoms with Gasteiger partial charge in [0.25, 0.3) is 0 Å². The molecule has 94 valence electrons. The zero-order chi connectivity index (χ0) is 13.0. The van der Waals surface area contributed by atoms with Crippen LogP contribution >= 0.6 is 0 Å². The lowest BCUT2D eigenvalue weighted by atomic mass is 10.0. The molecule has 18 heavy (non-hydrogen) atoms. The van der Waals surface area contributed by atoms with E-state index in [-0.39, 0.29) is 6.10 Å². The van der Waals surface area contributed by atoms with Crippen LogP contribution < -0.4 is 9.47 Å². The highest BCUT2D eigenvalue weighted by molar-refractivity contribution is 5.70. The standard InChI is InChI=1S/C16H18O2/c1-12(2)18-14-10-8-13(9-11-14)15-6-4-5-7-16(15)17-3/h4-12H,1-3H3. The predicted molar refractivity (Wildman–Crippen MR) is 74.2 cm³/mol. The Balaban J connectivity index is 2.28. The molecular formula is C16H18O2. The molecule has 0 amide bonds. The first-order valence-corrected chi connectivity index (χ1v) is 6.11. The van der Waals surface area contributed by atoms with Gasteiger partial charge in [-0.3, -0.25) is 0 Å². The Bertz CT molecular complexity index is 501. The number of methoxy groups -OCH3 is 1. The Hall–Kier alpha value is -1.96. The molecule has 0 aliphatic rings. The molecule has 0 saturated heterocycles. The molecule has 0 aromatic heterocycles. The van der Waals surface area contributed by atoms with Crippen molar-refractivity contribution in [2.45, 2.75) is 20.0 Å². The first-order valence-electron chi connectivity index (χ1n) is 6.11. The van der Waals surface area contributed by atoms with Gasteiger partial charge in [-0.25, -0.2) is 0 Å². The number of ether oxygens (including phenoxy) is 2. The van der Waals surface area contributed by atoms with Crippen LogP contribution in [0.2, 0.25) is 0 Å². The van der Waals surface area contributed by atoms with Crippen LogP contribution in [0, 0.1) is 0 Å². The van der Waals surface area contributed by atoms with Gasteiger partial charge >= 0.3 is 0 Å². The Morgan fingerprint density at radius 2 is 1.56 bits per heavy atom. The van der Waals surface area contributed by atoms with Gasteiger partial charge in [0.2, 0.25) is 0 Å². The van der Waals surface area contributed by atoms with E-state index < -0.39 is 0 Å². The second-order valence-corrected chi connectivity index (χ2v) is 4.39. The molecule has 0 fully saturated rings. The average molecular weight is 242 g/mol. The summed E-state index contributed by atoms with van der Waals surface area (Å²) < 4.78 is 11.0. The lowest BCUT2D eigenvalue weighted by Gasteiger charge is -2.11. The van der Waals surface area contributed by atoms with Crippen molar-refractivity contribution in [3.8, 4) is 22.6 Å². The number of hydrogen-bond donors (Lipinski definition) is 0. The van der Waals surface area contributed by atoms with Crippen LogP contribution in [0.25, 0.3) is 11.1 Å². The lowest BCUT2D eigenvalue weighted by Crippen LogP contribution is -2.05. The van der Waals surface area contributed by atoms with E-state index in [2.05, 4.69) is 18.2 Å². The normalized spacial score (nSPS) is 10.4. The van der Waals surface area contributed by atoms with Gasteiger partial charge in [-0.05, 0) is 37.6 Å². The summed E-state index contributed by atoms with van der Waals surface area (Å²) in [6.07, 6.45) is 0.196. The molecule has 0 radical (unpaired) electrons. The summed E-state index contributed by atoms with van der Waals surface area (Å²) in [5, 5.41) is 0. The van der Waals surface area contributed by atoms with E-state index in [1.54, 1.807) is 7.11 Å². The third-order valence-electron chi connectivity index (χ3n) is 2.64. The van der Waals surface area contributed by atoms with Crippen LogP contribution in [0.3, 0.4) is 0 Å². The monoisotopic (exact) mass is 242 g/mol. The van der Waals surface area contributed by atoms with Crippen molar-refractivity contribution in [1.29, 1.82) is 0 Å². The lowest BCUT2D eigenvalue weighted by molar-refractivity contribution is 0.242. The topological polar surface area (TPSA) is 18.5 Å². The zero-order valence-corrected chi connectivity index (χ0v) is 11.0. The van der Waals surface area contributed by atoms with E-state index in [1.807, 2.05) is 44.2 Å². The molecule has 0 spiro atoms. The summed E-state index contributed by atoms with van der Waals surface area (Å²) in [7, 11) is 1.69. The van der Waals surface area contributed by atoms with Gasteiger partial charge in [-0.15, -0.1) is 0 Å². The Labute approximate surface area is 108 Å². The molecule has 0 N–H and O–H groups in total. The fraction of sp³-hybridized carbons (Fsp3) is 0.250. The molecule has 0 aliphatic carbocycles. The number of rotatable bonds is 4. The molecule has 0 heterocycles. The van der Waals surface area contributed by atoms with Gasteiger partial charge in [-0.1, -0.05) is 30.3 Å². The van der Waals surface area contributed by atoms with Gasteiger partial charge in [0.15, 0.2) is 0 Å². The molecule has 0 bridgehead atoms. The average Bonchev–Trinajstić information content (AvgIpc) is 2.39. The molecular weight excluding hydrogens is 224 g/mol. The third-order valence-corrected chi connectivity index (χ3v) is 2.64. The van der Waals surface area contributed by atoms with Crippen molar-refractivity contribution in [3.63, 3.8) is 0 Å². The second kappa shape index (κ2) is 5.58. The maximum atomic E-state index is 5.63. The molecule has 2 heteroatoms. The van der Waals surface area contributed by atoms with Crippen LogP contribution in [-0.4, -0.2) is 13.2 Å². The van der Waals surface area contributed by atoms with E-state index in [0.29, 0.717) is 0 Å². The van der Waals surface area contributed by atoms with Gasteiger partial charge in [0.1, 0.15) is 11.5 Å². The Morgan fingerprint density at radius 3 is 2.17 bits per heavy atom. The highest BCUT2D eigenvalue weighted by Gasteiger charge is 2.05. The predicted octanol–water partition coefficient (Wildman–Crippen LogP) is 4.15. The van der Waals surface area contributed by atoms with E-state index in [0.717, 1.165) is 22.6 Å². The maximum Gasteiger partial charge on any atom is 0.126 e. The molecule has 0 unspecified atom stereocenters. The first-order chi connectivity index (χ1) is 8.70. The van der Waals surface area contributed by atoms with Crippen molar-refractivity contribution >= 4 is 0 Å². The van der Waals surface area contributed by atoms with E-state index >= 15 is 0 Å². The van der Waals surface area contributed by atoms with Crippen molar-refractivity contribution in [2.24, 2.45) is 0 Å². The summed E-state index contributed by atoms with van der Waals surface area (Å²) >= 11 is 0. The SMILES string of the molecule is COc1ccccc1-c1ccc(OC(C)C)cc1. The van der Waals surface area contributed by atoms with Gasteiger partial charge in [0.05, 0.1) is 13.2 Å². The summed E-state index contributed by atoms with van der Waals surface area (Å²) in [4.78, 5) is 0. The van der Waals surface area contributed by atoms with Gasteiger partial charge in [0, 0.05) is 5.56 Å². The van der Waals surface area contributed by atoms with Crippen molar-refractivity contribution in [1.82, 2.24) is 0 Å². The maximum absolute atomic E-state index is 5.63. The molecule has 0 atom stereocenters. The minimum Gasteiger partial charge on any atom is -0.496 e. The van der Waals surface area contributed by atoms with E-state index in [9.17, 15) is 0 Å². The van der Waals surface area contributed by atoms with Crippen LogP contribution in [-0.2, 0) is 0 Å². The minimum atomic E-state index is 0.196. The van der Waals surface area contributed by atoms with Gasteiger partial charge < -0.3 is 9.47 Å². The summed E-state index contributed by atoms with van der Waals surface area (Å²) in [6.45, 7) is 4.04. The summed E-state index contributed by atoms with van der Waals surface area (Å²) in [5.74, 6) is 1.78. The molecule has 2 aromatic carbocycles. The Kier molecular flexibility index (Phi) is 3.88. The quantitative estimate of drug-likeness (QED) is 0.801. The van der Waals surface area contributed by atoms with E-state index in [4.69, 9.17) is 9.47 Å².